The number of carbonyl (C=O) groups is 1. The molecule has 2 fully saturated rings. The van der Waals surface area contributed by atoms with E-state index in [0.717, 1.165) is 60.7 Å². The van der Waals surface area contributed by atoms with Crippen LogP contribution in [0.1, 0.15) is 50.8 Å². The topological polar surface area (TPSA) is 99.8 Å². The highest BCUT2D eigenvalue weighted by Gasteiger charge is 2.53. The van der Waals surface area contributed by atoms with E-state index in [1.54, 1.807) is 11.1 Å². The van der Waals surface area contributed by atoms with Crippen LogP contribution >= 0.6 is 0 Å². The standard InChI is InChI=1S/C24H30N6O2/c1-4-24(5-7-32-8-6-24)22(31)30(3)15-10-17-20(25-13-15)27-21(26-17)19-16-9-14-11-23(14,2)12-18(16)28-29-19/h10,13-14H,4-9,11-12H2,1-3H3,(H,28,29)(H,25,26,27)/t14-,23-/m1/s1. The lowest BCUT2D eigenvalue weighted by Crippen LogP contribution is -2.45. The molecule has 3 aromatic rings. The lowest BCUT2D eigenvalue weighted by Gasteiger charge is -2.37. The molecule has 0 spiro atoms. The Bertz CT molecular complexity index is 1210. The van der Waals surface area contributed by atoms with Crippen LogP contribution in [0.15, 0.2) is 12.3 Å². The molecule has 1 amide bonds. The molecule has 3 aromatic heterocycles. The first-order chi connectivity index (χ1) is 15.4. The number of pyridine rings is 1. The van der Waals surface area contributed by atoms with Gasteiger partial charge < -0.3 is 14.6 Å². The zero-order valence-corrected chi connectivity index (χ0v) is 19.0. The fourth-order valence-corrected chi connectivity index (χ4v) is 5.79. The Hall–Kier alpha value is -2.74. The van der Waals surface area contributed by atoms with Crippen LogP contribution in [0.25, 0.3) is 22.7 Å². The lowest BCUT2D eigenvalue weighted by molar-refractivity contribution is -0.133. The van der Waals surface area contributed by atoms with Crippen molar-refractivity contribution in [1.82, 2.24) is 25.1 Å². The average Bonchev–Trinajstić information content (AvgIpc) is 3.11. The van der Waals surface area contributed by atoms with Crippen LogP contribution in [0.5, 0.6) is 0 Å². The van der Waals surface area contributed by atoms with Gasteiger partial charge in [-0.3, -0.25) is 9.89 Å². The summed E-state index contributed by atoms with van der Waals surface area (Å²) in [5, 5.41) is 7.84. The summed E-state index contributed by atoms with van der Waals surface area (Å²) in [6.07, 6.45) is 7.51. The van der Waals surface area contributed by atoms with Gasteiger partial charge in [0.05, 0.1) is 22.8 Å². The molecule has 0 radical (unpaired) electrons. The van der Waals surface area contributed by atoms with Gasteiger partial charge in [-0.25, -0.2) is 9.97 Å². The molecule has 168 valence electrons. The van der Waals surface area contributed by atoms with Crippen molar-refractivity contribution >= 4 is 22.8 Å². The number of rotatable bonds is 4. The Morgan fingerprint density at radius 2 is 2.16 bits per heavy atom. The molecule has 1 saturated carbocycles. The first kappa shape index (κ1) is 19.9. The summed E-state index contributed by atoms with van der Waals surface area (Å²) in [6, 6.07) is 1.97. The predicted octanol–water partition coefficient (Wildman–Crippen LogP) is 3.64. The number of nitrogens with zero attached hydrogens (tertiary/aromatic N) is 4. The molecule has 0 bridgehead atoms. The van der Waals surface area contributed by atoms with Gasteiger partial charge >= 0.3 is 0 Å². The van der Waals surface area contributed by atoms with Crippen molar-refractivity contribution in [1.29, 1.82) is 0 Å². The second-order valence-electron chi connectivity index (χ2n) is 10.2. The Labute approximate surface area is 187 Å². The van der Waals surface area contributed by atoms with Crippen molar-refractivity contribution in [2.75, 3.05) is 25.2 Å². The number of aromatic nitrogens is 5. The minimum Gasteiger partial charge on any atom is -0.381 e. The summed E-state index contributed by atoms with van der Waals surface area (Å²) >= 11 is 0. The number of hydrogen-bond acceptors (Lipinski definition) is 5. The van der Waals surface area contributed by atoms with E-state index >= 15 is 0 Å². The number of nitrogens with one attached hydrogen (secondary N) is 2. The van der Waals surface area contributed by atoms with E-state index in [2.05, 4.69) is 34.0 Å². The fraction of sp³-hybridized carbons (Fsp3) is 0.583. The third-order valence-corrected chi connectivity index (χ3v) is 8.34. The number of H-pyrrole nitrogens is 2. The summed E-state index contributed by atoms with van der Waals surface area (Å²) < 4.78 is 5.51. The summed E-state index contributed by atoms with van der Waals surface area (Å²) in [5.41, 5.74) is 5.78. The van der Waals surface area contributed by atoms with E-state index in [-0.39, 0.29) is 11.3 Å². The minimum absolute atomic E-state index is 0.137. The normalized spacial score (nSPS) is 25.9. The molecule has 32 heavy (non-hydrogen) atoms. The lowest BCUT2D eigenvalue weighted by atomic mass is 9.76. The molecule has 3 aliphatic rings. The highest BCUT2D eigenvalue weighted by atomic mass is 16.5. The van der Waals surface area contributed by atoms with Gasteiger partial charge in [0.2, 0.25) is 5.91 Å². The van der Waals surface area contributed by atoms with Gasteiger partial charge in [-0.1, -0.05) is 13.8 Å². The third kappa shape index (κ3) is 2.92. The zero-order chi connectivity index (χ0) is 22.1. The number of ether oxygens (including phenoxy) is 1. The van der Waals surface area contributed by atoms with Crippen molar-refractivity contribution in [3.8, 4) is 11.5 Å². The van der Waals surface area contributed by atoms with Crippen LogP contribution < -0.4 is 4.90 Å². The maximum Gasteiger partial charge on any atom is 0.233 e. The van der Waals surface area contributed by atoms with Crippen molar-refractivity contribution < 1.29 is 9.53 Å². The Balaban J connectivity index is 1.30. The van der Waals surface area contributed by atoms with Gasteiger partial charge in [-0.05, 0) is 55.9 Å². The zero-order valence-electron chi connectivity index (χ0n) is 19.0. The van der Waals surface area contributed by atoms with Gasteiger partial charge in [0.1, 0.15) is 5.69 Å². The molecule has 0 unspecified atom stereocenters. The monoisotopic (exact) mass is 434 g/mol. The molecule has 1 aliphatic heterocycles. The number of fused-ring (bicyclic) bond motifs is 3. The molecular formula is C24H30N6O2. The molecule has 0 aromatic carbocycles. The fourth-order valence-electron chi connectivity index (χ4n) is 5.79. The molecule has 2 aliphatic carbocycles. The number of amides is 1. The molecule has 6 rings (SSSR count). The molecule has 2 N–H and O–H groups in total. The van der Waals surface area contributed by atoms with Gasteiger partial charge in [0, 0.05) is 31.5 Å². The quantitative estimate of drug-likeness (QED) is 0.653. The Morgan fingerprint density at radius 3 is 2.94 bits per heavy atom. The van der Waals surface area contributed by atoms with Crippen LogP contribution in [-0.2, 0) is 22.4 Å². The second kappa shape index (κ2) is 6.88. The summed E-state index contributed by atoms with van der Waals surface area (Å²) in [7, 11) is 1.84. The van der Waals surface area contributed by atoms with Gasteiger partial charge in [-0.2, -0.15) is 5.10 Å². The van der Waals surface area contributed by atoms with Crippen molar-refractivity contribution in [3.63, 3.8) is 0 Å². The average molecular weight is 435 g/mol. The number of aromatic amines is 2. The molecule has 1 saturated heterocycles. The summed E-state index contributed by atoms with van der Waals surface area (Å²) in [5.74, 6) is 1.64. The van der Waals surface area contributed by atoms with Crippen LogP contribution in [-0.4, -0.2) is 51.3 Å². The van der Waals surface area contributed by atoms with E-state index in [0.29, 0.717) is 24.3 Å². The van der Waals surface area contributed by atoms with E-state index < -0.39 is 0 Å². The molecular weight excluding hydrogens is 404 g/mol. The van der Waals surface area contributed by atoms with Crippen molar-refractivity contribution in [2.24, 2.45) is 16.7 Å². The largest absolute Gasteiger partial charge is 0.381 e. The van der Waals surface area contributed by atoms with E-state index in [4.69, 9.17) is 9.72 Å². The highest BCUT2D eigenvalue weighted by molar-refractivity contribution is 5.98. The van der Waals surface area contributed by atoms with Crippen LogP contribution in [0.4, 0.5) is 5.69 Å². The van der Waals surface area contributed by atoms with Gasteiger partial charge in [0.15, 0.2) is 11.5 Å². The maximum absolute atomic E-state index is 13.4. The summed E-state index contributed by atoms with van der Waals surface area (Å²) in [6.45, 7) is 5.74. The highest BCUT2D eigenvalue weighted by Crippen LogP contribution is 2.59. The van der Waals surface area contributed by atoms with E-state index in [1.165, 1.54) is 17.7 Å². The SMILES string of the molecule is CCC1(C(=O)N(C)c2cnc3nc(-c4n[nH]c5c4C[C@@H]4C[C@]4(C)C5)[nH]c3c2)CCOCC1. The van der Waals surface area contributed by atoms with Gasteiger partial charge in [-0.15, -0.1) is 0 Å². The second-order valence-corrected chi connectivity index (χ2v) is 10.2. The number of imidazole rings is 1. The molecule has 2 atom stereocenters. The molecule has 8 heteroatoms. The van der Waals surface area contributed by atoms with Crippen LogP contribution in [0.2, 0.25) is 0 Å². The first-order valence-corrected chi connectivity index (χ1v) is 11.7. The third-order valence-electron chi connectivity index (χ3n) is 8.34. The van der Waals surface area contributed by atoms with E-state index in [9.17, 15) is 4.79 Å². The maximum atomic E-state index is 13.4. The number of hydrogen-bond donors (Lipinski definition) is 2. The smallest absolute Gasteiger partial charge is 0.233 e. The van der Waals surface area contributed by atoms with Crippen LogP contribution in [0, 0.1) is 16.7 Å². The Kier molecular flexibility index (Phi) is 4.28. The first-order valence-electron chi connectivity index (χ1n) is 11.7. The number of carbonyl (C=O) groups excluding carboxylic acids is 1. The van der Waals surface area contributed by atoms with Crippen molar-refractivity contribution in [2.45, 2.75) is 52.4 Å². The molecule has 8 nitrogen and oxygen atoms in total. The van der Waals surface area contributed by atoms with Crippen LogP contribution in [0.3, 0.4) is 0 Å². The minimum atomic E-state index is -0.355. The van der Waals surface area contributed by atoms with E-state index in [1.807, 2.05) is 13.1 Å². The summed E-state index contributed by atoms with van der Waals surface area (Å²) in [4.78, 5) is 27.8. The van der Waals surface area contributed by atoms with Gasteiger partial charge in [0.25, 0.3) is 0 Å². The predicted molar refractivity (Wildman–Crippen MR) is 121 cm³/mol. The van der Waals surface area contributed by atoms with Crippen molar-refractivity contribution in [3.05, 3.63) is 23.5 Å². The molecule has 4 heterocycles. The Morgan fingerprint density at radius 1 is 1.34 bits per heavy atom. The number of anilines is 1.